The van der Waals surface area contributed by atoms with Gasteiger partial charge in [0, 0.05) is 51.3 Å². The van der Waals surface area contributed by atoms with Gasteiger partial charge < -0.3 is 20.4 Å². The van der Waals surface area contributed by atoms with Gasteiger partial charge in [0.1, 0.15) is 0 Å². The lowest BCUT2D eigenvalue weighted by Gasteiger charge is -2.12. The molecule has 0 atom stereocenters. The molecule has 0 fully saturated rings. The number of hydrogen-bond acceptors (Lipinski definition) is 4. The molecule has 2 heterocycles. The number of carbonyl (C=O) groups is 1. The molecule has 0 saturated heterocycles. The molecular weight excluding hydrogens is 471 g/mol. The number of hydrogen-bond donors (Lipinski definition) is 3. The van der Waals surface area contributed by atoms with E-state index in [1.54, 1.807) is 42.6 Å². The van der Waals surface area contributed by atoms with E-state index in [-0.39, 0.29) is 6.03 Å². The fraction of sp³-hybridized carbons (Fsp3) is 0. The van der Waals surface area contributed by atoms with Gasteiger partial charge >= 0.3 is 6.03 Å². The number of nitrogens with zero attached hydrogens (tertiary/aromatic N) is 3. The molecule has 7 nitrogen and oxygen atoms in total. The fourth-order valence-corrected chi connectivity index (χ4v) is 3.66. The maximum Gasteiger partial charge on any atom is 0.323 e. The second kappa shape index (κ2) is 9.43. The van der Waals surface area contributed by atoms with Crippen molar-refractivity contribution in [1.29, 1.82) is 0 Å². The number of fused-ring (bicyclic) bond motifs is 1. The second-order valence-corrected chi connectivity index (χ2v) is 8.30. The summed E-state index contributed by atoms with van der Waals surface area (Å²) in [5, 5.41) is 10.2. The first-order valence-electron chi connectivity index (χ1n) is 10.3. The van der Waals surface area contributed by atoms with Crippen LogP contribution in [0, 0.1) is 0 Å². The number of amides is 2. The Labute approximate surface area is 205 Å². The van der Waals surface area contributed by atoms with Gasteiger partial charge in [-0.25, -0.2) is 14.8 Å². The molecule has 3 aromatic carbocycles. The first-order chi connectivity index (χ1) is 16.5. The molecule has 0 spiro atoms. The first-order valence-corrected chi connectivity index (χ1v) is 11.1. The van der Waals surface area contributed by atoms with Crippen molar-refractivity contribution in [2.24, 2.45) is 0 Å². The quantitative estimate of drug-likeness (QED) is 0.246. The van der Waals surface area contributed by atoms with Gasteiger partial charge in [-0.1, -0.05) is 35.3 Å². The van der Waals surface area contributed by atoms with E-state index in [1.165, 1.54) is 0 Å². The minimum Gasteiger partial charge on any atom is -0.337 e. The van der Waals surface area contributed by atoms with Crippen LogP contribution in [0.1, 0.15) is 0 Å². The van der Waals surface area contributed by atoms with E-state index in [0.717, 1.165) is 11.3 Å². The van der Waals surface area contributed by atoms with E-state index in [1.807, 2.05) is 53.2 Å². The summed E-state index contributed by atoms with van der Waals surface area (Å²) in [7, 11) is 0. The van der Waals surface area contributed by atoms with Crippen LogP contribution in [-0.4, -0.2) is 20.4 Å². The van der Waals surface area contributed by atoms with Crippen LogP contribution >= 0.6 is 23.2 Å². The fourth-order valence-electron chi connectivity index (χ4n) is 3.41. The van der Waals surface area contributed by atoms with Crippen molar-refractivity contribution in [1.82, 2.24) is 14.4 Å². The summed E-state index contributed by atoms with van der Waals surface area (Å²) < 4.78 is 1.90. The van der Waals surface area contributed by atoms with E-state index in [2.05, 4.69) is 20.9 Å². The lowest BCUT2D eigenvalue weighted by Crippen LogP contribution is -2.19. The van der Waals surface area contributed by atoms with Gasteiger partial charge in [-0.3, -0.25) is 0 Å². The Morgan fingerprint density at radius 3 is 2.24 bits per heavy atom. The summed E-state index contributed by atoms with van der Waals surface area (Å²) in [5.41, 5.74) is 4.35. The van der Waals surface area contributed by atoms with Crippen molar-refractivity contribution in [2.75, 3.05) is 16.0 Å². The highest BCUT2D eigenvalue weighted by Crippen LogP contribution is 2.27. The van der Waals surface area contributed by atoms with Crippen molar-refractivity contribution < 1.29 is 4.79 Å². The van der Waals surface area contributed by atoms with Gasteiger partial charge in [-0.05, 0) is 60.7 Å². The number of benzene rings is 3. The Kier molecular flexibility index (Phi) is 6.03. The molecule has 9 heteroatoms. The molecule has 0 unspecified atom stereocenters. The van der Waals surface area contributed by atoms with Crippen LogP contribution in [0.4, 0.5) is 27.7 Å². The monoisotopic (exact) mass is 488 g/mol. The van der Waals surface area contributed by atoms with Crippen LogP contribution in [0.3, 0.4) is 0 Å². The highest BCUT2D eigenvalue weighted by molar-refractivity contribution is 6.31. The predicted molar refractivity (Wildman–Crippen MR) is 137 cm³/mol. The summed E-state index contributed by atoms with van der Waals surface area (Å²) in [5.74, 6) is 0.601. The van der Waals surface area contributed by atoms with Crippen LogP contribution in [0.5, 0.6) is 0 Å². The van der Waals surface area contributed by atoms with E-state index in [4.69, 9.17) is 28.2 Å². The van der Waals surface area contributed by atoms with Crippen LogP contribution in [0.2, 0.25) is 10.0 Å². The van der Waals surface area contributed by atoms with E-state index in [9.17, 15) is 4.79 Å². The molecular formula is C25H18Cl2N6O. The van der Waals surface area contributed by atoms with Gasteiger partial charge in [-0.2, -0.15) is 0 Å². The summed E-state index contributed by atoms with van der Waals surface area (Å²) in [6.45, 7) is 0. The van der Waals surface area contributed by atoms with Crippen LogP contribution in [0.15, 0.2) is 91.4 Å². The minimum absolute atomic E-state index is 0.359. The molecule has 5 rings (SSSR count). The number of urea groups is 1. The predicted octanol–water partition coefficient (Wildman–Crippen LogP) is 7.09. The van der Waals surface area contributed by atoms with Crippen molar-refractivity contribution >= 4 is 57.8 Å². The Bertz CT molecular complexity index is 1470. The smallest absolute Gasteiger partial charge is 0.323 e. The maximum atomic E-state index is 12.4. The molecule has 0 radical (unpaired) electrons. The average molecular weight is 489 g/mol. The zero-order chi connectivity index (χ0) is 23.5. The van der Waals surface area contributed by atoms with Crippen LogP contribution in [-0.2, 0) is 0 Å². The molecule has 168 valence electrons. The van der Waals surface area contributed by atoms with E-state index < -0.39 is 0 Å². The van der Waals surface area contributed by atoms with Gasteiger partial charge in [-0.15, -0.1) is 0 Å². The summed E-state index contributed by atoms with van der Waals surface area (Å²) in [6.07, 6.45) is 5.46. The molecule has 5 aromatic rings. The Hall–Kier alpha value is -4.07. The van der Waals surface area contributed by atoms with Crippen LogP contribution < -0.4 is 16.0 Å². The molecule has 0 aliphatic rings. The van der Waals surface area contributed by atoms with Gasteiger partial charge in [0.25, 0.3) is 0 Å². The zero-order valence-corrected chi connectivity index (χ0v) is 19.2. The van der Waals surface area contributed by atoms with Gasteiger partial charge in [0.2, 0.25) is 0 Å². The largest absolute Gasteiger partial charge is 0.337 e. The SMILES string of the molecule is O=C(Nc1ccc(Cl)cc1)Nc1cccc(-c2cn3ccnc3c(Nc3ccc(Cl)cc3)n2)c1. The normalized spacial score (nSPS) is 10.8. The minimum atomic E-state index is -0.359. The lowest BCUT2D eigenvalue weighted by molar-refractivity contribution is 0.262. The highest BCUT2D eigenvalue weighted by Gasteiger charge is 2.11. The molecule has 3 N–H and O–H groups in total. The topological polar surface area (TPSA) is 83.4 Å². The molecule has 0 aliphatic carbocycles. The Balaban J connectivity index is 1.40. The summed E-state index contributed by atoms with van der Waals surface area (Å²) >= 11 is 11.9. The van der Waals surface area contributed by atoms with Gasteiger partial charge in [0.15, 0.2) is 11.5 Å². The van der Waals surface area contributed by atoms with Crippen molar-refractivity contribution in [3.05, 3.63) is 101 Å². The van der Waals surface area contributed by atoms with E-state index >= 15 is 0 Å². The molecule has 2 amide bonds. The third-order valence-corrected chi connectivity index (χ3v) is 5.50. The second-order valence-electron chi connectivity index (χ2n) is 7.43. The maximum absolute atomic E-state index is 12.4. The summed E-state index contributed by atoms with van der Waals surface area (Å²) in [6, 6.07) is 21.4. The van der Waals surface area contributed by atoms with Crippen molar-refractivity contribution in [3.63, 3.8) is 0 Å². The van der Waals surface area contributed by atoms with Gasteiger partial charge in [0.05, 0.1) is 5.69 Å². The number of anilines is 4. The van der Waals surface area contributed by atoms with Crippen molar-refractivity contribution in [2.45, 2.75) is 0 Å². The van der Waals surface area contributed by atoms with Crippen molar-refractivity contribution in [3.8, 4) is 11.3 Å². The Morgan fingerprint density at radius 2 is 1.50 bits per heavy atom. The van der Waals surface area contributed by atoms with E-state index in [0.29, 0.717) is 38.6 Å². The molecule has 34 heavy (non-hydrogen) atoms. The highest BCUT2D eigenvalue weighted by atomic mass is 35.5. The number of carbonyl (C=O) groups excluding carboxylic acids is 1. The lowest BCUT2D eigenvalue weighted by atomic mass is 10.1. The summed E-state index contributed by atoms with van der Waals surface area (Å²) in [4.78, 5) is 21.6. The number of aromatic nitrogens is 3. The molecule has 2 aromatic heterocycles. The number of imidazole rings is 1. The molecule has 0 aliphatic heterocycles. The number of nitrogens with one attached hydrogen (secondary N) is 3. The standard InChI is InChI=1S/C25H18Cl2N6O/c26-17-4-8-19(9-5-17)29-23-24-28-12-13-33(24)15-22(32-23)16-2-1-3-21(14-16)31-25(34)30-20-10-6-18(27)7-11-20/h1-15H,(H,29,32)(H2,30,31,34). The third kappa shape index (κ3) is 4.96. The third-order valence-electron chi connectivity index (χ3n) is 5.00. The number of rotatable bonds is 5. The molecule has 0 saturated carbocycles. The first kappa shape index (κ1) is 21.8. The molecule has 0 bridgehead atoms. The average Bonchev–Trinajstić information content (AvgIpc) is 3.31. The zero-order valence-electron chi connectivity index (χ0n) is 17.7. The van der Waals surface area contributed by atoms with Crippen LogP contribution in [0.25, 0.3) is 16.9 Å². The Morgan fingerprint density at radius 1 is 0.824 bits per heavy atom. The number of halogens is 2.